The summed E-state index contributed by atoms with van der Waals surface area (Å²) in [6.07, 6.45) is 2.09. The first kappa shape index (κ1) is 13.7. The minimum Gasteiger partial charge on any atom is -0.394 e. The van der Waals surface area contributed by atoms with Gasteiger partial charge in [0.25, 0.3) is 0 Å². The van der Waals surface area contributed by atoms with Crippen LogP contribution in [0.5, 0.6) is 0 Å². The summed E-state index contributed by atoms with van der Waals surface area (Å²) in [5.41, 5.74) is 2.10. The van der Waals surface area contributed by atoms with Gasteiger partial charge in [-0.25, -0.2) is 0 Å². The number of piperidine rings is 1. The van der Waals surface area contributed by atoms with E-state index in [2.05, 4.69) is 16.3 Å². The summed E-state index contributed by atoms with van der Waals surface area (Å²) in [7, 11) is 1.92. The highest BCUT2D eigenvalue weighted by molar-refractivity contribution is 6.31. The van der Waals surface area contributed by atoms with Gasteiger partial charge in [0, 0.05) is 23.8 Å². The third kappa shape index (κ3) is 2.48. The lowest BCUT2D eigenvalue weighted by Gasteiger charge is -2.43. The molecule has 3 nitrogen and oxygen atoms in total. The second-order valence-electron chi connectivity index (χ2n) is 5.10. The first-order chi connectivity index (χ1) is 8.62. The van der Waals surface area contributed by atoms with Crippen molar-refractivity contribution in [1.29, 1.82) is 0 Å². The smallest absolute Gasteiger partial charge is 0.0630 e. The summed E-state index contributed by atoms with van der Waals surface area (Å²) in [6, 6.07) is 6.01. The van der Waals surface area contributed by atoms with Gasteiger partial charge in [0.15, 0.2) is 0 Å². The first-order valence-electron chi connectivity index (χ1n) is 6.42. The molecule has 0 amide bonds. The molecule has 1 aliphatic heterocycles. The standard InChI is InChI=1S/C14H21ClN2O/c1-11-12(15)5-3-6-13(11)17-8-4-7-14(9-17,10-18)16-2/h3,5-6,16,18H,4,7-10H2,1-2H3. The zero-order valence-electron chi connectivity index (χ0n) is 11.0. The molecule has 1 aromatic rings. The Hall–Kier alpha value is -0.770. The van der Waals surface area contributed by atoms with E-state index >= 15 is 0 Å². The lowest BCUT2D eigenvalue weighted by molar-refractivity contribution is 0.149. The molecule has 1 aromatic carbocycles. The maximum Gasteiger partial charge on any atom is 0.0630 e. The van der Waals surface area contributed by atoms with Gasteiger partial charge in [-0.15, -0.1) is 0 Å². The number of likely N-dealkylation sites (N-methyl/N-ethyl adjacent to an activating group) is 1. The molecule has 0 aliphatic carbocycles. The number of hydrogen-bond donors (Lipinski definition) is 2. The number of rotatable bonds is 3. The average molecular weight is 269 g/mol. The molecule has 1 atom stereocenters. The van der Waals surface area contributed by atoms with Crippen LogP contribution < -0.4 is 10.2 Å². The molecule has 0 saturated carbocycles. The number of anilines is 1. The van der Waals surface area contributed by atoms with Crippen LogP contribution in [0.25, 0.3) is 0 Å². The molecule has 1 saturated heterocycles. The Morgan fingerprint density at radius 2 is 2.28 bits per heavy atom. The van der Waals surface area contributed by atoms with Crippen molar-refractivity contribution < 1.29 is 5.11 Å². The van der Waals surface area contributed by atoms with Gasteiger partial charge in [-0.3, -0.25) is 0 Å². The molecule has 1 heterocycles. The lowest BCUT2D eigenvalue weighted by atomic mass is 9.89. The van der Waals surface area contributed by atoms with Crippen molar-refractivity contribution >= 4 is 17.3 Å². The SMILES string of the molecule is CNC1(CO)CCCN(c2cccc(Cl)c2C)C1. The van der Waals surface area contributed by atoms with Crippen LogP contribution in [0.4, 0.5) is 5.69 Å². The summed E-state index contributed by atoms with van der Waals surface area (Å²) in [6.45, 7) is 4.05. The Morgan fingerprint density at radius 3 is 2.94 bits per heavy atom. The fourth-order valence-electron chi connectivity index (χ4n) is 2.69. The Balaban J connectivity index is 2.26. The van der Waals surface area contributed by atoms with E-state index in [1.807, 2.05) is 26.1 Å². The van der Waals surface area contributed by atoms with Crippen LogP contribution in [-0.4, -0.2) is 37.4 Å². The van der Waals surface area contributed by atoms with E-state index in [9.17, 15) is 5.11 Å². The highest BCUT2D eigenvalue weighted by Gasteiger charge is 2.33. The number of nitrogens with zero attached hydrogens (tertiary/aromatic N) is 1. The van der Waals surface area contributed by atoms with Gasteiger partial charge >= 0.3 is 0 Å². The quantitative estimate of drug-likeness (QED) is 0.882. The van der Waals surface area contributed by atoms with Crippen molar-refractivity contribution in [1.82, 2.24) is 5.32 Å². The van der Waals surface area contributed by atoms with E-state index in [1.165, 1.54) is 5.69 Å². The Kier molecular flexibility index (Phi) is 4.15. The summed E-state index contributed by atoms with van der Waals surface area (Å²) in [5.74, 6) is 0. The molecular formula is C14H21ClN2O. The van der Waals surface area contributed by atoms with E-state index in [4.69, 9.17) is 11.6 Å². The van der Waals surface area contributed by atoms with Crippen LogP contribution >= 0.6 is 11.6 Å². The molecule has 100 valence electrons. The number of nitrogens with one attached hydrogen (secondary N) is 1. The van der Waals surface area contributed by atoms with Crippen molar-refractivity contribution in [3.63, 3.8) is 0 Å². The van der Waals surface area contributed by atoms with E-state index in [0.717, 1.165) is 36.5 Å². The summed E-state index contributed by atoms with van der Waals surface area (Å²) >= 11 is 6.18. The Bertz CT molecular complexity index is 418. The van der Waals surface area contributed by atoms with Crippen LogP contribution in [0.1, 0.15) is 18.4 Å². The summed E-state index contributed by atoms with van der Waals surface area (Å²) < 4.78 is 0. The second kappa shape index (κ2) is 5.47. The second-order valence-corrected chi connectivity index (χ2v) is 5.50. The molecule has 1 fully saturated rings. The van der Waals surface area contributed by atoms with Crippen LogP contribution in [0, 0.1) is 6.92 Å². The molecule has 0 aromatic heterocycles. The van der Waals surface area contributed by atoms with Gasteiger partial charge in [0.1, 0.15) is 0 Å². The zero-order chi connectivity index (χ0) is 13.2. The fourth-order valence-corrected chi connectivity index (χ4v) is 2.86. The Morgan fingerprint density at radius 1 is 1.50 bits per heavy atom. The number of halogens is 1. The van der Waals surface area contributed by atoms with Gasteiger partial charge < -0.3 is 15.3 Å². The number of benzene rings is 1. The number of aliphatic hydroxyl groups excluding tert-OH is 1. The van der Waals surface area contributed by atoms with Crippen LogP contribution in [0.15, 0.2) is 18.2 Å². The maximum absolute atomic E-state index is 9.61. The summed E-state index contributed by atoms with van der Waals surface area (Å²) in [5, 5.41) is 13.7. The van der Waals surface area contributed by atoms with E-state index in [0.29, 0.717) is 0 Å². The monoisotopic (exact) mass is 268 g/mol. The normalized spacial score (nSPS) is 24.3. The number of hydrogen-bond acceptors (Lipinski definition) is 3. The molecule has 0 radical (unpaired) electrons. The van der Waals surface area contributed by atoms with Crippen molar-refractivity contribution in [2.45, 2.75) is 25.3 Å². The average Bonchev–Trinajstić information content (AvgIpc) is 2.42. The molecule has 1 aliphatic rings. The zero-order valence-corrected chi connectivity index (χ0v) is 11.8. The Labute approximate surface area is 114 Å². The van der Waals surface area contributed by atoms with E-state index in [-0.39, 0.29) is 12.1 Å². The molecule has 1 unspecified atom stereocenters. The highest BCUT2D eigenvalue weighted by atomic mass is 35.5. The van der Waals surface area contributed by atoms with Gasteiger partial charge in [0.05, 0.1) is 12.1 Å². The predicted molar refractivity (Wildman–Crippen MR) is 76.5 cm³/mol. The maximum atomic E-state index is 9.61. The molecule has 0 bridgehead atoms. The topological polar surface area (TPSA) is 35.5 Å². The summed E-state index contributed by atoms with van der Waals surface area (Å²) in [4.78, 5) is 2.32. The largest absolute Gasteiger partial charge is 0.394 e. The van der Waals surface area contributed by atoms with Crippen LogP contribution in [0.3, 0.4) is 0 Å². The molecule has 2 rings (SSSR count). The van der Waals surface area contributed by atoms with E-state index < -0.39 is 0 Å². The lowest BCUT2D eigenvalue weighted by Crippen LogP contribution is -2.58. The molecule has 0 spiro atoms. The first-order valence-corrected chi connectivity index (χ1v) is 6.79. The van der Waals surface area contributed by atoms with Crippen LogP contribution in [-0.2, 0) is 0 Å². The molecule has 4 heteroatoms. The van der Waals surface area contributed by atoms with E-state index in [1.54, 1.807) is 0 Å². The minimum atomic E-state index is -0.187. The predicted octanol–water partition coefficient (Wildman–Crippen LogP) is 2.20. The fraction of sp³-hybridized carbons (Fsp3) is 0.571. The van der Waals surface area contributed by atoms with Crippen molar-refractivity contribution in [3.05, 3.63) is 28.8 Å². The highest BCUT2D eigenvalue weighted by Crippen LogP contribution is 2.31. The van der Waals surface area contributed by atoms with Gasteiger partial charge in [0.2, 0.25) is 0 Å². The third-order valence-corrected chi connectivity index (χ3v) is 4.40. The van der Waals surface area contributed by atoms with Gasteiger partial charge in [-0.1, -0.05) is 17.7 Å². The van der Waals surface area contributed by atoms with Crippen molar-refractivity contribution in [3.8, 4) is 0 Å². The van der Waals surface area contributed by atoms with Crippen LogP contribution in [0.2, 0.25) is 5.02 Å². The van der Waals surface area contributed by atoms with Crippen molar-refractivity contribution in [2.24, 2.45) is 0 Å². The van der Waals surface area contributed by atoms with Gasteiger partial charge in [-0.05, 0) is 44.5 Å². The van der Waals surface area contributed by atoms with Gasteiger partial charge in [-0.2, -0.15) is 0 Å². The van der Waals surface area contributed by atoms with Crippen molar-refractivity contribution in [2.75, 3.05) is 31.6 Å². The molecule has 2 N–H and O–H groups in total. The molecular weight excluding hydrogens is 248 g/mol. The molecule has 18 heavy (non-hydrogen) atoms. The number of aliphatic hydroxyl groups is 1. The third-order valence-electron chi connectivity index (χ3n) is 3.99. The minimum absolute atomic E-state index is 0.166.